The van der Waals surface area contributed by atoms with Gasteiger partial charge in [0.15, 0.2) is 0 Å². The van der Waals surface area contributed by atoms with Gasteiger partial charge in [-0.25, -0.2) is 0 Å². The molecule has 2 aromatic carbocycles. The number of nitrogens with one attached hydrogen (secondary N) is 1. The molecule has 0 aliphatic rings. The molecule has 0 fully saturated rings. The normalized spacial score (nSPS) is 10.6. The summed E-state index contributed by atoms with van der Waals surface area (Å²) in [7, 11) is 0. The smallest absolute Gasteiger partial charge is 0.124 e. The molecule has 0 bridgehead atoms. The number of unbranched alkanes of at least 4 members (excludes halogenated alkanes) is 1. The first-order valence-electron chi connectivity index (χ1n) is 7.56. The van der Waals surface area contributed by atoms with Gasteiger partial charge in [-0.2, -0.15) is 0 Å². The van der Waals surface area contributed by atoms with Crippen molar-refractivity contribution in [1.29, 1.82) is 0 Å². The Kier molecular flexibility index (Phi) is 7.23. The van der Waals surface area contributed by atoms with E-state index in [9.17, 15) is 0 Å². The Morgan fingerprint density at radius 2 is 1.86 bits per heavy atom. The van der Waals surface area contributed by atoms with Crippen molar-refractivity contribution in [3.63, 3.8) is 0 Å². The lowest BCUT2D eigenvalue weighted by Crippen LogP contribution is -2.15. The molecule has 4 heteroatoms. The lowest BCUT2D eigenvalue weighted by molar-refractivity contribution is 0.283. The van der Waals surface area contributed by atoms with Crippen LogP contribution in [0, 0.1) is 0 Å². The van der Waals surface area contributed by atoms with Gasteiger partial charge in [-0.1, -0.05) is 41.9 Å². The van der Waals surface area contributed by atoms with Crippen molar-refractivity contribution < 1.29 is 9.84 Å². The fourth-order valence-corrected chi connectivity index (χ4v) is 2.34. The van der Waals surface area contributed by atoms with Crippen LogP contribution >= 0.6 is 11.6 Å². The predicted molar refractivity (Wildman–Crippen MR) is 90.3 cm³/mol. The Labute approximate surface area is 136 Å². The highest BCUT2D eigenvalue weighted by Crippen LogP contribution is 2.23. The Bertz CT molecular complexity index is 560. The summed E-state index contributed by atoms with van der Waals surface area (Å²) in [6.45, 7) is 2.35. The summed E-state index contributed by atoms with van der Waals surface area (Å²) in [5.74, 6) is 0.850. The van der Waals surface area contributed by atoms with Crippen LogP contribution in [0.1, 0.15) is 24.0 Å². The zero-order valence-electron chi connectivity index (χ0n) is 12.6. The van der Waals surface area contributed by atoms with Crippen molar-refractivity contribution in [3.05, 3.63) is 64.7 Å². The number of rotatable bonds is 9. The minimum absolute atomic E-state index is 0.240. The van der Waals surface area contributed by atoms with E-state index in [2.05, 4.69) is 5.32 Å². The Hall–Kier alpha value is -1.55. The van der Waals surface area contributed by atoms with E-state index in [4.69, 9.17) is 21.4 Å². The van der Waals surface area contributed by atoms with Gasteiger partial charge in [0.2, 0.25) is 0 Å². The average Bonchev–Trinajstić information content (AvgIpc) is 2.55. The van der Waals surface area contributed by atoms with Crippen molar-refractivity contribution in [2.45, 2.75) is 26.0 Å². The van der Waals surface area contributed by atoms with Crippen molar-refractivity contribution in [2.75, 3.05) is 13.2 Å². The number of aliphatic hydroxyl groups is 1. The first-order valence-corrected chi connectivity index (χ1v) is 7.94. The van der Waals surface area contributed by atoms with Gasteiger partial charge in [-0.05, 0) is 43.1 Å². The number of aliphatic hydroxyl groups excluding tert-OH is 1. The summed E-state index contributed by atoms with van der Waals surface area (Å²) in [6.07, 6.45) is 1.77. The van der Waals surface area contributed by atoms with Crippen LogP contribution in [-0.2, 0) is 13.2 Å². The van der Waals surface area contributed by atoms with Crippen LogP contribution in [0.5, 0.6) is 5.75 Å². The number of halogens is 1. The molecule has 0 atom stereocenters. The lowest BCUT2D eigenvalue weighted by atomic mass is 10.2. The molecule has 0 radical (unpaired) electrons. The zero-order chi connectivity index (χ0) is 15.6. The molecular formula is C18H22ClNO2. The first-order chi connectivity index (χ1) is 10.8. The SMILES string of the molecule is OCCCCNCc1cc(Cl)ccc1OCc1ccccc1. The first kappa shape index (κ1) is 16.8. The molecule has 0 aliphatic heterocycles. The van der Waals surface area contributed by atoms with E-state index in [0.29, 0.717) is 18.2 Å². The fourth-order valence-electron chi connectivity index (χ4n) is 2.15. The molecule has 0 saturated carbocycles. The molecule has 0 amide bonds. The van der Waals surface area contributed by atoms with Crippen LogP contribution in [0.3, 0.4) is 0 Å². The Morgan fingerprint density at radius 1 is 1.05 bits per heavy atom. The van der Waals surface area contributed by atoms with Crippen molar-refractivity contribution >= 4 is 11.6 Å². The van der Waals surface area contributed by atoms with Gasteiger partial charge in [0.1, 0.15) is 12.4 Å². The summed E-state index contributed by atoms with van der Waals surface area (Å²) in [5, 5.41) is 12.8. The molecule has 0 aliphatic carbocycles. The second-order valence-electron chi connectivity index (χ2n) is 5.13. The largest absolute Gasteiger partial charge is 0.489 e. The number of ether oxygens (including phenoxy) is 1. The predicted octanol–water partition coefficient (Wildman–Crippen LogP) is 3.78. The maximum atomic E-state index is 8.78. The Balaban J connectivity index is 1.92. The van der Waals surface area contributed by atoms with Gasteiger partial charge in [0.25, 0.3) is 0 Å². The van der Waals surface area contributed by atoms with Gasteiger partial charge in [0.05, 0.1) is 0 Å². The molecule has 22 heavy (non-hydrogen) atoms. The molecule has 2 aromatic rings. The molecule has 118 valence electrons. The summed E-state index contributed by atoms with van der Waals surface area (Å²) in [6, 6.07) is 15.8. The highest BCUT2D eigenvalue weighted by Gasteiger charge is 2.05. The van der Waals surface area contributed by atoms with Gasteiger partial charge in [-0.3, -0.25) is 0 Å². The molecule has 0 saturated heterocycles. The Morgan fingerprint density at radius 3 is 2.64 bits per heavy atom. The average molecular weight is 320 g/mol. The third-order valence-electron chi connectivity index (χ3n) is 3.34. The van der Waals surface area contributed by atoms with Crippen LogP contribution in [-0.4, -0.2) is 18.3 Å². The molecule has 0 unspecified atom stereocenters. The van der Waals surface area contributed by atoms with Gasteiger partial charge in [0, 0.05) is 23.7 Å². The lowest BCUT2D eigenvalue weighted by Gasteiger charge is -2.13. The van der Waals surface area contributed by atoms with Crippen LogP contribution in [0.15, 0.2) is 48.5 Å². The fraction of sp³-hybridized carbons (Fsp3) is 0.333. The maximum absolute atomic E-state index is 8.78. The van der Waals surface area contributed by atoms with Crippen molar-refractivity contribution in [3.8, 4) is 5.75 Å². The summed E-state index contributed by atoms with van der Waals surface area (Å²) < 4.78 is 5.92. The summed E-state index contributed by atoms with van der Waals surface area (Å²) in [4.78, 5) is 0. The number of hydrogen-bond acceptors (Lipinski definition) is 3. The van der Waals surface area contributed by atoms with Crippen LogP contribution < -0.4 is 10.1 Å². The molecule has 3 nitrogen and oxygen atoms in total. The number of hydrogen-bond donors (Lipinski definition) is 2. The minimum Gasteiger partial charge on any atom is -0.489 e. The maximum Gasteiger partial charge on any atom is 0.124 e. The summed E-state index contributed by atoms with van der Waals surface area (Å²) in [5.41, 5.74) is 2.19. The van der Waals surface area contributed by atoms with Crippen LogP contribution in [0.25, 0.3) is 0 Å². The minimum atomic E-state index is 0.240. The highest BCUT2D eigenvalue weighted by molar-refractivity contribution is 6.30. The van der Waals surface area contributed by atoms with Gasteiger partial charge in [-0.15, -0.1) is 0 Å². The van der Waals surface area contributed by atoms with E-state index in [-0.39, 0.29) is 6.61 Å². The topological polar surface area (TPSA) is 41.5 Å². The van der Waals surface area contributed by atoms with E-state index in [0.717, 1.165) is 36.3 Å². The van der Waals surface area contributed by atoms with Crippen LogP contribution in [0.4, 0.5) is 0 Å². The van der Waals surface area contributed by atoms with E-state index in [1.807, 2.05) is 48.5 Å². The highest BCUT2D eigenvalue weighted by atomic mass is 35.5. The second kappa shape index (κ2) is 9.46. The monoisotopic (exact) mass is 319 g/mol. The quantitative estimate of drug-likeness (QED) is 0.691. The second-order valence-corrected chi connectivity index (χ2v) is 5.57. The van der Waals surface area contributed by atoms with E-state index in [1.54, 1.807) is 0 Å². The van der Waals surface area contributed by atoms with Gasteiger partial charge >= 0.3 is 0 Å². The van der Waals surface area contributed by atoms with Crippen molar-refractivity contribution in [1.82, 2.24) is 5.32 Å². The number of benzene rings is 2. The third-order valence-corrected chi connectivity index (χ3v) is 3.57. The van der Waals surface area contributed by atoms with E-state index in [1.165, 1.54) is 0 Å². The van der Waals surface area contributed by atoms with E-state index >= 15 is 0 Å². The summed E-state index contributed by atoms with van der Waals surface area (Å²) >= 11 is 6.08. The molecule has 2 rings (SSSR count). The molecule has 0 aromatic heterocycles. The van der Waals surface area contributed by atoms with E-state index < -0.39 is 0 Å². The zero-order valence-corrected chi connectivity index (χ0v) is 13.4. The molecule has 0 spiro atoms. The van der Waals surface area contributed by atoms with Crippen LogP contribution in [0.2, 0.25) is 5.02 Å². The molecule has 0 heterocycles. The molecular weight excluding hydrogens is 298 g/mol. The van der Waals surface area contributed by atoms with Gasteiger partial charge < -0.3 is 15.2 Å². The third kappa shape index (κ3) is 5.68. The standard InChI is InChI=1S/C18H22ClNO2/c19-17-8-9-18(22-14-15-6-2-1-3-7-15)16(12-17)13-20-10-4-5-11-21/h1-3,6-9,12,20-21H,4-5,10-11,13-14H2. The molecule has 2 N–H and O–H groups in total. The van der Waals surface area contributed by atoms with Crippen molar-refractivity contribution in [2.24, 2.45) is 0 Å².